The van der Waals surface area contributed by atoms with E-state index in [0.29, 0.717) is 10.6 Å². The molecule has 1 saturated heterocycles. The van der Waals surface area contributed by atoms with Gasteiger partial charge >= 0.3 is 12.1 Å². The van der Waals surface area contributed by atoms with Gasteiger partial charge in [-0.2, -0.15) is 13.2 Å². The summed E-state index contributed by atoms with van der Waals surface area (Å²) in [6.45, 7) is 0.974. The normalized spacial score (nSPS) is 16.4. The van der Waals surface area contributed by atoms with Crippen LogP contribution < -0.4 is 10.0 Å². The van der Waals surface area contributed by atoms with Crippen molar-refractivity contribution in [1.82, 2.24) is 9.62 Å². The summed E-state index contributed by atoms with van der Waals surface area (Å²) >= 11 is 0. The zero-order valence-electron chi connectivity index (χ0n) is 13.8. The summed E-state index contributed by atoms with van der Waals surface area (Å²) in [6.07, 6.45) is -4.75. The molecule has 0 aliphatic carbocycles. The highest BCUT2D eigenvalue weighted by Crippen LogP contribution is 2.22. The van der Waals surface area contributed by atoms with Crippen molar-refractivity contribution in [3.63, 3.8) is 0 Å². The zero-order valence-corrected chi connectivity index (χ0v) is 14.7. The van der Waals surface area contributed by atoms with E-state index in [2.05, 4.69) is 10.0 Å². The predicted octanol–water partition coefficient (Wildman–Crippen LogP) is 1.48. The lowest BCUT2D eigenvalue weighted by Gasteiger charge is -2.32. The van der Waals surface area contributed by atoms with E-state index < -0.39 is 28.1 Å². The van der Waals surface area contributed by atoms with E-state index in [1.54, 1.807) is 0 Å². The van der Waals surface area contributed by atoms with Gasteiger partial charge in [0.25, 0.3) is 0 Å². The SMILES string of the molecule is CC(=O)Nc1ccc(S(=O)(=O)NC2CCN(C(=O)C(F)(F)F)CC2)cc1. The molecule has 2 rings (SSSR count). The summed E-state index contributed by atoms with van der Waals surface area (Å²) < 4.78 is 64.4. The lowest BCUT2D eigenvalue weighted by molar-refractivity contribution is -0.186. The van der Waals surface area contributed by atoms with Crippen molar-refractivity contribution in [3.8, 4) is 0 Å². The van der Waals surface area contributed by atoms with Crippen LogP contribution in [0.2, 0.25) is 0 Å². The van der Waals surface area contributed by atoms with Crippen LogP contribution in [0.25, 0.3) is 0 Å². The van der Waals surface area contributed by atoms with E-state index in [4.69, 9.17) is 0 Å². The number of hydrogen-bond donors (Lipinski definition) is 2. The molecule has 1 aliphatic rings. The molecule has 0 aromatic heterocycles. The molecule has 2 amide bonds. The first-order valence-corrected chi connectivity index (χ1v) is 9.23. The van der Waals surface area contributed by atoms with Gasteiger partial charge in [0.15, 0.2) is 0 Å². The predicted molar refractivity (Wildman–Crippen MR) is 86.7 cm³/mol. The molecule has 0 saturated carbocycles. The smallest absolute Gasteiger partial charge is 0.335 e. The van der Waals surface area contributed by atoms with Crippen LogP contribution in [0.5, 0.6) is 0 Å². The van der Waals surface area contributed by atoms with Crippen LogP contribution in [-0.2, 0) is 19.6 Å². The number of likely N-dealkylation sites (tertiary alicyclic amines) is 1. The lowest BCUT2D eigenvalue weighted by Crippen LogP contribution is -2.49. The molecule has 1 aliphatic heterocycles. The Labute approximate surface area is 148 Å². The van der Waals surface area contributed by atoms with Crippen LogP contribution in [-0.4, -0.2) is 50.4 Å². The fourth-order valence-corrected chi connectivity index (χ4v) is 3.89. The van der Waals surface area contributed by atoms with Crippen LogP contribution in [0.3, 0.4) is 0 Å². The topological polar surface area (TPSA) is 95.6 Å². The Morgan fingerprint density at radius 3 is 2.12 bits per heavy atom. The molecule has 0 radical (unpaired) electrons. The molecule has 0 bridgehead atoms. The first-order chi connectivity index (χ1) is 12.0. The molecular weight excluding hydrogens is 375 g/mol. The van der Waals surface area contributed by atoms with E-state index in [0.717, 1.165) is 0 Å². The summed E-state index contributed by atoms with van der Waals surface area (Å²) in [5.74, 6) is -2.20. The van der Waals surface area contributed by atoms with Crippen LogP contribution in [0.1, 0.15) is 19.8 Å². The second-order valence-electron chi connectivity index (χ2n) is 5.89. The standard InChI is InChI=1S/C15H18F3N3O4S/c1-10(22)19-11-2-4-13(5-3-11)26(24,25)20-12-6-8-21(9-7-12)14(23)15(16,17)18/h2-5,12,20H,6-9H2,1H3,(H,19,22). The molecular formula is C15H18F3N3O4S. The molecule has 0 spiro atoms. The highest BCUT2D eigenvalue weighted by molar-refractivity contribution is 7.89. The fourth-order valence-electron chi connectivity index (χ4n) is 2.59. The quantitative estimate of drug-likeness (QED) is 0.810. The number of sulfonamides is 1. The molecule has 0 atom stereocenters. The molecule has 26 heavy (non-hydrogen) atoms. The number of piperidine rings is 1. The third-order valence-electron chi connectivity index (χ3n) is 3.83. The second-order valence-corrected chi connectivity index (χ2v) is 7.61. The highest BCUT2D eigenvalue weighted by atomic mass is 32.2. The Kier molecular flexibility index (Phi) is 5.91. The highest BCUT2D eigenvalue weighted by Gasteiger charge is 2.43. The Morgan fingerprint density at radius 1 is 1.12 bits per heavy atom. The van der Waals surface area contributed by atoms with Crippen molar-refractivity contribution in [2.75, 3.05) is 18.4 Å². The van der Waals surface area contributed by atoms with E-state index in [1.807, 2.05) is 0 Å². The number of nitrogens with one attached hydrogen (secondary N) is 2. The van der Waals surface area contributed by atoms with Crippen molar-refractivity contribution in [1.29, 1.82) is 0 Å². The average molecular weight is 393 g/mol. The summed E-state index contributed by atoms with van der Waals surface area (Å²) in [7, 11) is -3.86. The first-order valence-electron chi connectivity index (χ1n) is 7.75. The molecule has 1 aromatic rings. The van der Waals surface area contributed by atoms with E-state index in [9.17, 15) is 31.2 Å². The Hall–Kier alpha value is -2.14. The molecule has 144 valence electrons. The van der Waals surface area contributed by atoms with Crippen LogP contribution in [0.15, 0.2) is 29.2 Å². The third kappa shape index (κ3) is 5.18. The van der Waals surface area contributed by atoms with Gasteiger partial charge in [0.2, 0.25) is 15.9 Å². The number of halogens is 3. The Balaban J connectivity index is 1.96. The number of anilines is 1. The van der Waals surface area contributed by atoms with E-state index in [-0.39, 0.29) is 36.7 Å². The summed E-state index contributed by atoms with van der Waals surface area (Å²) in [5.41, 5.74) is 0.440. The molecule has 2 N–H and O–H groups in total. The Bertz CT molecular complexity index is 770. The van der Waals surface area contributed by atoms with Gasteiger partial charge in [-0.05, 0) is 37.1 Å². The number of benzene rings is 1. The van der Waals surface area contributed by atoms with Gasteiger partial charge in [-0.3, -0.25) is 9.59 Å². The van der Waals surface area contributed by atoms with Gasteiger partial charge in [0.05, 0.1) is 4.90 Å². The van der Waals surface area contributed by atoms with Gasteiger partial charge < -0.3 is 10.2 Å². The number of nitrogens with zero attached hydrogens (tertiary/aromatic N) is 1. The van der Waals surface area contributed by atoms with Crippen molar-refractivity contribution < 1.29 is 31.2 Å². The van der Waals surface area contributed by atoms with Crippen molar-refractivity contribution >= 4 is 27.5 Å². The summed E-state index contributed by atoms with van der Waals surface area (Å²) in [5, 5.41) is 2.51. The van der Waals surface area contributed by atoms with E-state index >= 15 is 0 Å². The number of carbonyl (C=O) groups excluding carboxylic acids is 2. The minimum atomic E-state index is -4.93. The maximum Gasteiger partial charge on any atom is 0.471 e. The van der Waals surface area contributed by atoms with Crippen molar-refractivity contribution in [2.45, 2.75) is 36.9 Å². The molecule has 1 aromatic carbocycles. The Morgan fingerprint density at radius 2 is 1.65 bits per heavy atom. The summed E-state index contributed by atoms with van der Waals surface area (Å²) in [4.78, 5) is 22.8. The minimum Gasteiger partial charge on any atom is -0.335 e. The van der Waals surface area contributed by atoms with Gasteiger partial charge in [0.1, 0.15) is 0 Å². The first kappa shape index (κ1) is 20.2. The number of hydrogen-bond acceptors (Lipinski definition) is 4. The molecule has 1 heterocycles. The number of carbonyl (C=O) groups is 2. The molecule has 7 nitrogen and oxygen atoms in total. The van der Waals surface area contributed by atoms with Crippen LogP contribution in [0, 0.1) is 0 Å². The number of rotatable bonds is 4. The average Bonchev–Trinajstić information content (AvgIpc) is 2.53. The van der Waals surface area contributed by atoms with E-state index in [1.165, 1.54) is 31.2 Å². The number of alkyl halides is 3. The zero-order chi connectivity index (χ0) is 19.5. The lowest BCUT2D eigenvalue weighted by atomic mass is 10.1. The largest absolute Gasteiger partial charge is 0.471 e. The fraction of sp³-hybridized carbons (Fsp3) is 0.467. The second kappa shape index (κ2) is 7.62. The van der Waals surface area contributed by atoms with Gasteiger partial charge in [-0.1, -0.05) is 0 Å². The minimum absolute atomic E-state index is 0.0274. The maximum absolute atomic E-state index is 12.4. The van der Waals surface area contributed by atoms with Crippen LogP contribution >= 0.6 is 0 Å². The molecule has 11 heteroatoms. The molecule has 0 unspecified atom stereocenters. The molecule has 1 fully saturated rings. The van der Waals surface area contributed by atoms with Gasteiger partial charge in [-0.15, -0.1) is 0 Å². The maximum atomic E-state index is 12.4. The monoisotopic (exact) mass is 393 g/mol. The van der Waals surface area contributed by atoms with Gasteiger partial charge in [0, 0.05) is 31.7 Å². The van der Waals surface area contributed by atoms with Gasteiger partial charge in [-0.25, -0.2) is 13.1 Å². The third-order valence-corrected chi connectivity index (χ3v) is 5.37. The van der Waals surface area contributed by atoms with Crippen LogP contribution in [0.4, 0.5) is 18.9 Å². The van der Waals surface area contributed by atoms with Crippen molar-refractivity contribution in [2.24, 2.45) is 0 Å². The number of amides is 2. The van der Waals surface area contributed by atoms with Crippen molar-refractivity contribution in [3.05, 3.63) is 24.3 Å². The summed E-state index contributed by atoms with van der Waals surface area (Å²) in [6, 6.07) is 4.93.